The summed E-state index contributed by atoms with van der Waals surface area (Å²) >= 11 is 0. The van der Waals surface area contributed by atoms with Crippen LogP contribution in [0, 0.1) is 17.6 Å². The predicted molar refractivity (Wildman–Crippen MR) is 131 cm³/mol. The van der Waals surface area contributed by atoms with Gasteiger partial charge in [-0.2, -0.15) is 0 Å². The third-order valence-electron chi connectivity index (χ3n) is 5.05. The van der Waals surface area contributed by atoms with Gasteiger partial charge in [0.25, 0.3) is 0 Å². The van der Waals surface area contributed by atoms with Crippen LogP contribution in [0.2, 0.25) is 0 Å². The third-order valence-corrected chi connectivity index (χ3v) is 5.05. The van der Waals surface area contributed by atoms with Crippen LogP contribution in [-0.2, 0) is 0 Å². The van der Waals surface area contributed by atoms with Crippen molar-refractivity contribution in [3.8, 4) is 11.5 Å². The van der Waals surface area contributed by atoms with Crippen LogP contribution in [-0.4, -0.2) is 46.4 Å². The Bertz CT molecular complexity index is 898. The first kappa shape index (κ1) is 25.0. The number of halogens is 3. The van der Waals surface area contributed by atoms with E-state index in [9.17, 15) is 8.78 Å². The Labute approximate surface area is 199 Å². The topological polar surface area (TPSA) is 58.1 Å². The molecule has 2 aromatic carbocycles. The molecule has 170 valence electrons. The first-order chi connectivity index (χ1) is 14.5. The van der Waals surface area contributed by atoms with E-state index in [0.29, 0.717) is 35.6 Å². The summed E-state index contributed by atoms with van der Waals surface area (Å²) in [5.41, 5.74) is 1.54. The maximum Gasteiger partial charge on any atom is 0.195 e. The number of methoxy groups -OCH3 is 2. The fraction of sp³-hybridized carbons (Fsp3) is 0.409. The Morgan fingerprint density at radius 2 is 1.87 bits per heavy atom. The lowest BCUT2D eigenvalue weighted by atomic mass is 10.1. The minimum Gasteiger partial charge on any atom is -0.493 e. The highest BCUT2D eigenvalue weighted by atomic mass is 127. The molecular weight excluding hydrogens is 517 g/mol. The zero-order valence-electron chi connectivity index (χ0n) is 18.0. The van der Waals surface area contributed by atoms with Crippen LogP contribution in [0.1, 0.15) is 13.3 Å². The lowest BCUT2D eigenvalue weighted by molar-refractivity contribution is 0.355. The maximum atomic E-state index is 13.5. The molecule has 1 saturated heterocycles. The molecule has 1 fully saturated rings. The molecule has 0 aliphatic carbocycles. The number of hydrogen-bond donors (Lipinski definition) is 2. The van der Waals surface area contributed by atoms with Gasteiger partial charge in [0.15, 0.2) is 29.1 Å². The van der Waals surface area contributed by atoms with Gasteiger partial charge in [-0.25, -0.2) is 8.78 Å². The summed E-state index contributed by atoms with van der Waals surface area (Å²) < 4.78 is 37.3. The van der Waals surface area contributed by atoms with Crippen LogP contribution in [0.25, 0.3) is 0 Å². The highest BCUT2D eigenvalue weighted by Gasteiger charge is 2.23. The summed E-state index contributed by atoms with van der Waals surface area (Å²) in [6.07, 6.45) is 0.943. The number of aliphatic imine (C=N–C) groups is 1. The molecule has 31 heavy (non-hydrogen) atoms. The van der Waals surface area contributed by atoms with Crippen molar-refractivity contribution in [2.75, 3.05) is 50.6 Å². The molecule has 1 aliphatic heterocycles. The molecule has 0 saturated carbocycles. The van der Waals surface area contributed by atoms with Gasteiger partial charge in [-0.05, 0) is 43.5 Å². The lowest BCUT2D eigenvalue weighted by Gasteiger charge is -2.19. The summed E-state index contributed by atoms with van der Waals surface area (Å²) in [4.78, 5) is 6.78. The smallest absolute Gasteiger partial charge is 0.195 e. The summed E-state index contributed by atoms with van der Waals surface area (Å²) in [6, 6.07) is 9.63. The zero-order chi connectivity index (χ0) is 21.5. The van der Waals surface area contributed by atoms with Crippen molar-refractivity contribution in [2.45, 2.75) is 13.3 Å². The van der Waals surface area contributed by atoms with Gasteiger partial charge in [-0.1, -0.05) is 0 Å². The number of anilines is 2. The Balaban J connectivity index is 0.00000341. The van der Waals surface area contributed by atoms with Crippen LogP contribution in [0.4, 0.5) is 20.2 Å². The van der Waals surface area contributed by atoms with Gasteiger partial charge in [0.05, 0.1) is 14.2 Å². The molecule has 9 heteroatoms. The standard InChI is InChI=1S/C22H28F2N4O2.HI/c1-4-25-22(27-16-5-8-20(29-2)21(11-16)30-3)26-13-15-9-10-28(14-15)17-6-7-18(23)19(24)12-17;/h5-8,11-12,15H,4,9-10,13-14H2,1-3H3,(H2,25,26,27);1H. The molecule has 0 spiro atoms. The van der Waals surface area contributed by atoms with Crippen molar-refractivity contribution in [1.29, 1.82) is 0 Å². The molecule has 0 bridgehead atoms. The number of nitrogens with zero attached hydrogens (tertiary/aromatic N) is 2. The van der Waals surface area contributed by atoms with Crippen molar-refractivity contribution in [1.82, 2.24) is 5.32 Å². The average molecular weight is 546 g/mol. The number of nitrogens with one attached hydrogen (secondary N) is 2. The van der Waals surface area contributed by atoms with E-state index in [1.807, 2.05) is 25.1 Å². The van der Waals surface area contributed by atoms with E-state index >= 15 is 0 Å². The van der Waals surface area contributed by atoms with E-state index in [1.165, 1.54) is 12.1 Å². The number of rotatable bonds is 7. The number of ether oxygens (including phenoxy) is 2. The SMILES string of the molecule is CCNC(=NCC1CCN(c2ccc(F)c(F)c2)C1)Nc1ccc(OC)c(OC)c1.I. The lowest BCUT2D eigenvalue weighted by Crippen LogP contribution is -2.31. The second-order valence-corrected chi connectivity index (χ2v) is 7.11. The third kappa shape index (κ3) is 6.59. The van der Waals surface area contributed by atoms with E-state index in [2.05, 4.69) is 15.5 Å². The first-order valence-electron chi connectivity index (χ1n) is 10.0. The average Bonchev–Trinajstić information content (AvgIpc) is 3.23. The van der Waals surface area contributed by atoms with Gasteiger partial charge in [0, 0.05) is 49.7 Å². The summed E-state index contributed by atoms with van der Waals surface area (Å²) in [7, 11) is 3.20. The number of hydrogen-bond acceptors (Lipinski definition) is 4. The summed E-state index contributed by atoms with van der Waals surface area (Å²) in [5, 5.41) is 6.52. The predicted octanol–water partition coefficient (Wildman–Crippen LogP) is 4.50. The minimum absolute atomic E-state index is 0. The molecule has 3 rings (SSSR count). The molecule has 1 heterocycles. The second-order valence-electron chi connectivity index (χ2n) is 7.11. The van der Waals surface area contributed by atoms with Gasteiger partial charge >= 0.3 is 0 Å². The largest absolute Gasteiger partial charge is 0.493 e. The normalized spacial score (nSPS) is 16.0. The van der Waals surface area contributed by atoms with Gasteiger partial charge in [0.2, 0.25) is 0 Å². The van der Waals surface area contributed by atoms with Crippen molar-refractivity contribution in [2.24, 2.45) is 10.9 Å². The van der Waals surface area contributed by atoms with Crippen molar-refractivity contribution in [3.05, 3.63) is 48.0 Å². The monoisotopic (exact) mass is 546 g/mol. The molecule has 2 N–H and O–H groups in total. The van der Waals surface area contributed by atoms with Crippen LogP contribution in [0.15, 0.2) is 41.4 Å². The summed E-state index contributed by atoms with van der Waals surface area (Å²) in [5.74, 6) is 0.665. The van der Waals surface area contributed by atoms with Crippen molar-refractivity contribution >= 4 is 41.3 Å². The van der Waals surface area contributed by atoms with Gasteiger partial charge in [0.1, 0.15) is 0 Å². The van der Waals surface area contributed by atoms with Gasteiger partial charge < -0.3 is 25.0 Å². The molecule has 0 radical (unpaired) electrons. The molecule has 1 atom stereocenters. The Kier molecular flexibility index (Phi) is 9.60. The molecule has 0 aromatic heterocycles. The van der Waals surface area contributed by atoms with E-state index in [4.69, 9.17) is 14.5 Å². The minimum atomic E-state index is -0.824. The van der Waals surface area contributed by atoms with Crippen LogP contribution in [0.3, 0.4) is 0 Å². The number of benzene rings is 2. The summed E-state index contributed by atoms with van der Waals surface area (Å²) in [6.45, 7) is 4.91. The quantitative estimate of drug-likeness (QED) is 0.304. The highest BCUT2D eigenvalue weighted by molar-refractivity contribution is 14.0. The van der Waals surface area contributed by atoms with Gasteiger partial charge in [-0.15, -0.1) is 24.0 Å². The van der Waals surface area contributed by atoms with Crippen LogP contribution in [0.5, 0.6) is 11.5 Å². The first-order valence-corrected chi connectivity index (χ1v) is 10.0. The van der Waals surface area contributed by atoms with Crippen molar-refractivity contribution < 1.29 is 18.3 Å². The zero-order valence-corrected chi connectivity index (χ0v) is 20.3. The maximum absolute atomic E-state index is 13.5. The van der Waals surface area contributed by atoms with Gasteiger partial charge in [-0.3, -0.25) is 4.99 Å². The van der Waals surface area contributed by atoms with E-state index in [0.717, 1.165) is 31.7 Å². The Morgan fingerprint density at radius 3 is 2.55 bits per heavy atom. The highest BCUT2D eigenvalue weighted by Crippen LogP contribution is 2.30. The molecule has 2 aromatic rings. The molecular formula is C22H29F2IN4O2. The van der Waals surface area contributed by atoms with E-state index in [1.54, 1.807) is 20.3 Å². The molecule has 1 aliphatic rings. The fourth-order valence-electron chi connectivity index (χ4n) is 3.48. The Hall–Kier alpha value is -2.30. The number of guanidine groups is 1. The van der Waals surface area contributed by atoms with Crippen LogP contribution < -0.4 is 25.0 Å². The molecule has 0 amide bonds. The van der Waals surface area contributed by atoms with Crippen molar-refractivity contribution in [3.63, 3.8) is 0 Å². The Morgan fingerprint density at radius 1 is 1.10 bits per heavy atom. The van der Waals surface area contributed by atoms with E-state index < -0.39 is 11.6 Å². The molecule has 1 unspecified atom stereocenters. The fourth-order valence-corrected chi connectivity index (χ4v) is 3.48. The second kappa shape index (κ2) is 11.9. The van der Waals surface area contributed by atoms with E-state index in [-0.39, 0.29) is 24.0 Å². The van der Waals surface area contributed by atoms with Crippen LogP contribution >= 0.6 is 24.0 Å². The molecule has 6 nitrogen and oxygen atoms in total.